The van der Waals surface area contributed by atoms with Crippen LogP contribution in [0.2, 0.25) is 0 Å². The van der Waals surface area contributed by atoms with Gasteiger partial charge in [0.1, 0.15) is 5.60 Å². The van der Waals surface area contributed by atoms with Crippen molar-refractivity contribution in [2.24, 2.45) is 0 Å². The lowest BCUT2D eigenvalue weighted by Gasteiger charge is -2.35. The van der Waals surface area contributed by atoms with Gasteiger partial charge in [0, 0.05) is 6.54 Å². The number of nitrogens with zero attached hydrogens (tertiary/aromatic N) is 2. The van der Waals surface area contributed by atoms with E-state index in [0.717, 1.165) is 24.8 Å². The molecule has 0 saturated heterocycles. The number of carbonyl (C=O) groups excluding carboxylic acids is 1. The van der Waals surface area contributed by atoms with Crippen LogP contribution in [0, 0.1) is 11.3 Å². The van der Waals surface area contributed by atoms with Gasteiger partial charge in [-0.3, -0.25) is 0 Å². The molecule has 146 valence electrons. The van der Waals surface area contributed by atoms with Gasteiger partial charge in [0.25, 0.3) is 0 Å². The van der Waals surface area contributed by atoms with Gasteiger partial charge in [0.2, 0.25) is 0 Å². The molecule has 2 atom stereocenters. The normalized spacial score (nSPS) is 24.9. The van der Waals surface area contributed by atoms with Gasteiger partial charge in [-0.25, -0.2) is 4.79 Å². The van der Waals surface area contributed by atoms with Crippen molar-refractivity contribution in [2.45, 2.75) is 43.1 Å². The predicted octanol–water partition coefficient (Wildman–Crippen LogP) is 4.57. The molecule has 2 unspecified atom stereocenters. The van der Waals surface area contributed by atoms with Crippen LogP contribution in [-0.4, -0.2) is 37.1 Å². The third-order valence-electron chi connectivity index (χ3n) is 5.71. The quantitative estimate of drug-likeness (QED) is 0.567. The Bertz CT molecular complexity index is 829. The summed E-state index contributed by atoms with van der Waals surface area (Å²) in [6.07, 6.45) is 3.75. The molecule has 0 heterocycles. The summed E-state index contributed by atoms with van der Waals surface area (Å²) in [5, 5.41) is 10.1. The third kappa shape index (κ3) is 4.43. The van der Waals surface area contributed by atoms with Gasteiger partial charge in [-0.2, -0.15) is 5.26 Å². The summed E-state index contributed by atoms with van der Waals surface area (Å²) in [6.45, 7) is 0.655. The highest BCUT2D eigenvalue weighted by molar-refractivity contribution is 5.89. The smallest absolute Gasteiger partial charge is 0.338 e. The van der Waals surface area contributed by atoms with E-state index in [1.807, 2.05) is 62.6 Å². The first-order chi connectivity index (χ1) is 13.5. The molecule has 0 aromatic heterocycles. The number of hydrogen-bond acceptors (Lipinski definition) is 4. The van der Waals surface area contributed by atoms with E-state index >= 15 is 0 Å². The molecule has 1 aliphatic carbocycles. The first-order valence-corrected chi connectivity index (χ1v) is 9.89. The first-order valence-electron chi connectivity index (χ1n) is 9.89. The zero-order valence-electron chi connectivity index (χ0n) is 16.7. The van der Waals surface area contributed by atoms with Crippen LogP contribution in [0.25, 0.3) is 0 Å². The molecule has 0 bridgehead atoms. The summed E-state index contributed by atoms with van der Waals surface area (Å²) in [5.41, 5.74) is 0.533. The van der Waals surface area contributed by atoms with Crippen LogP contribution in [-0.2, 0) is 10.2 Å². The molecule has 4 nitrogen and oxygen atoms in total. The molecule has 0 aliphatic heterocycles. The van der Waals surface area contributed by atoms with Crippen LogP contribution in [0.1, 0.15) is 48.0 Å². The summed E-state index contributed by atoms with van der Waals surface area (Å²) in [4.78, 5) is 14.9. The van der Waals surface area contributed by atoms with Gasteiger partial charge < -0.3 is 9.64 Å². The van der Waals surface area contributed by atoms with Gasteiger partial charge in [-0.15, -0.1) is 0 Å². The molecule has 0 radical (unpaired) electrons. The maximum atomic E-state index is 12.8. The van der Waals surface area contributed by atoms with E-state index in [0.29, 0.717) is 24.9 Å². The van der Waals surface area contributed by atoms with Crippen molar-refractivity contribution in [1.29, 1.82) is 5.26 Å². The number of nitriles is 1. The third-order valence-corrected chi connectivity index (χ3v) is 5.71. The van der Waals surface area contributed by atoms with Crippen LogP contribution < -0.4 is 0 Å². The number of ether oxygens (including phenoxy) is 1. The minimum absolute atomic E-state index is 0.286. The average Bonchev–Trinajstić information content (AvgIpc) is 2.89. The van der Waals surface area contributed by atoms with E-state index in [2.05, 4.69) is 11.0 Å². The SMILES string of the molecule is CN(C)CC1(OC(=O)c2ccccc2)CCCC(C#N)(c2ccccc2)CC1. The topological polar surface area (TPSA) is 53.3 Å². The highest BCUT2D eigenvalue weighted by atomic mass is 16.6. The minimum Gasteiger partial charge on any atom is -0.454 e. The van der Waals surface area contributed by atoms with Crippen molar-refractivity contribution in [3.8, 4) is 6.07 Å². The second-order valence-electron chi connectivity index (χ2n) is 8.09. The standard InChI is InChI=1S/C24H28N2O2/c1-26(2)19-24(28-22(27)20-10-5-3-6-11-20)15-9-14-23(18-25,16-17-24)21-12-7-4-8-13-21/h3-8,10-13H,9,14-17,19H2,1-2H3. The molecular weight excluding hydrogens is 348 g/mol. The Morgan fingerprint density at radius 2 is 1.64 bits per heavy atom. The van der Waals surface area contributed by atoms with E-state index in [1.54, 1.807) is 12.1 Å². The fourth-order valence-electron chi connectivity index (χ4n) is 4.32. The molecule has 3 rings (SSSR count). The second kappa shape index (κ2) is 8.58. The molecule has 2 aromatic carbocycles. The molecular formula is C24H28N2O2. The van der Waals surface area contributed by atoms with Crippen LogP contribution in [0.5, 0.6) is 0 Å². The molecule has 1 aliphatic rings. The monoisotopic (exact) mass is 376 g/mol. The van der Waals surface area contributed by atoms with Crippen LogP contribution >= 0.6 is 0 Å². The largest absolute Gasteiger partial charge is 0.454 e. The minimum atomic E-state index is -0.580. The highest BCUT2D eigenvalue weighted by Crippen LogP contribution is 2.42. The Hall–Kier alpha value is -2.64. The lowest BCUT2D eigenvalue weighted by molar-refractivity contribution is -0.0385. The molecule has 0 N–H and O–H groups in total. The van der Waals surface area contributed by atoms with Crippen molar-refractivity contribution in [3.05, 3.63) is 71.8 Å². The highest BCUT2D eigenvalue weighted by Gasteiger charge is 2.43. The zero-order valence-corrected chi connectivity index (χ0v) is 16.7. The van der Waals surface area contributed by atoms with Gasteiger partial charge in [-0.05, 0) is 63.9 Å². The van der Waals surface area contributed by atoms with E-state index < -0.39 is 11.0 Å². The first kappa shape index (κ1) is 20.1. The van der Waals surface area contributed by atoms with E-state index in [1.165, 1.54) is 0 Å². The van der Waals surface area contributed by atoms with Crippen LogP contribution in [0.4, 0.5) is 0 Å². The summed E-state index contributed by atoms with van der Waals surface area (Å²) in [5.74, 6) is -0.286. The molecule has 4 heteroatoms. The van der Waals surface area contributed by atoms with E-state index in [4.69, 9.17) is 4.74 Å². The Morgan fingerprint density at radius 3 is 2.25 bits per heavy atom. The van der Waals surface area contributed by atoms with Gasteiger partial charge in [0.05, 0.1) is 17.0 Å². The molecule has 2 aromatic rings. The van der Waals surface area contributed by atoms with E-state index in [9.17, 15) is 10.1 Å². The molecule has 1 fully saturated rings. The number of benzene rings is 2. The summed E-state index contributed by atoms with van der Waals surface area (Å²) >= 11 is 0. The van der Waals surface area contributed by atoms with Gasteiger partial charge in [-0.1, -0.05) is 48.5 Å². The lowest BCUT2D eigenvalue weighted by atomic mass is 9.75. The number of carbonyl (C=O) groups is 1. The second-order valence-corrected chi connectivity index (χ2v) is 8.09. The Morgan fingerprint density at radius 1 is 1.00 bits per heavy atom. The van der Waals surface area contributed by atoms with Gasteiger partial charge >= 0.3 is 5.97 Å². The van der Waals surface area contributed by atoms with Crippen molar-refractivity contribution in [1.82, 2.24) is 4.90 Å². The molecule has 1 saturated carbocycles. The molecule has 0 spiro atoms. The van der Waals surface area contributed by atoms with Gasteiger partial charge in [0.15, 0.2) is 0 Å². The number of esters is 1. The summed E-state index contributed by atoms with van der Waals surface area (Å²) < 4.78 is 6.14. The fraction of sp³-hybridized carbons (Fsp3) is 0.417. The molecule has 0 amide bonds. The average molecular weight is 377 g/mol. The lowest BCUT2D eigenvalue weighted by Crippen LogP contribution is -2.44. The molecule has 28 heavy (non-hydrogen) atoms. The van der Waals surface area contributed by atoms with E-state index in [-0.39, 0.29) is 5.97 Å². The Labute approximate surface area is 167 Å². The van der Waals surface area contributed by atoms with Crippen LogP contribution in [0.3, 0.4) is 0 Å². The van der Waals surface area contributed by atoms with Crippen molar-refractivity contribution < 1.29 is 9.53 Å². The summed E-state index contributed by atoms with van der Waals surface area (Å²) in [7, 11) is 4.00. The fourth-order valence-corrected chi connectivity index (χ4v) is 4.32. The van der Waals surface area contributed by atoms with Crippen molar-refractivity contribution in [2.75, 3.05) is 20.6 Å². The maximum Gasteiger partial charge on any atom is 0.338 e. The van der Waals surface area contributed by atoms with Crippen molar-refractivity contribution in [3.63, 3.8) is 0 Å². The number of rotatable bonds is 5. The predicted molar refractivity (Wildman–Crippen MR) is 110 cm³/mol. The Kier molecular flexibility index (Phi) is 6.16. The Balaban J connectivity index is 1.86. The maximum absolute atomic E-state index is 12.8. The number of likely N-dealkylation sites (N-methyl/N-ethyl adjacent to an activating group) is 1. The van der Waals surface area contributed by atoms with Crippen LogP contribution in [0.15, 0.2) is 60.7 Å². The van der Waals surface area contributed by atoms with Crippen molar-refractivity contribution >= 4 is 5.97 Å². The zero-order chi connectivity index (χ0) is 20.0. The summed E-state index contributed by atoms with van der Waals surface area (Å²) in [6, 6.07) is 21.8. The number of hydrogen-bond donors (Lipinski definition) is 0.